The van der Waals surface area contributed by atoms with Crippen LogP contribution in [0.3, 0.4) is 0 Å². The van der Waals surface area contributed by atoms with Crippen LogP contribution in [-0.2, 0) is 35.9 Å². The van der Waals surface area contributed by atoms with Crippen LogP contribution in [0, 0.1) is 5.92 Å². The summed E-state index contributed by atoms with van der Waals surface area (Å²) in [7, 11) is 3.67. The number of anilines is 2. The predicted molar refractivity (Wildman–Crippen MR) is 161 cm³/mol. The van der Waals surface area contributed by atoms with E-state index in [0.717, 1.165) is 24.8 Å². The van der Waals surface area contributed by atoms with Gasteiger partial charge < -0.3 is 15.0 Å². The standard InChI is InChI=1S/C32H39F3N6O/c1-21(2)18-42-19-29-38-16-22(9-10-24(36-5)15-28-27(32(33,34)35)8-7-13-37-28)30(40-29)39-25-11-12-26-23(14-25)17-41(6)20-31(26,3)4/h7-14,16,21H,15,17-20H2,1-6H3,(H,38,39,40)/b10-9-,36-24?. The molecule has 3 aromatic rings. The third-order valence-corrected chi connectivity index (χ3v) is 7.04. The Morgan fingerprint density at radius 2 is 2.00 bits per heavy atom. The van der Waals surface area contributed by atoms with Gasteiger partial charge in [0, 0.05) is 67.9 Å². The van der Waals surface area contributed by atoms with Crippen molar-refractivity contribution in [2.75, 3.05) is 32.6 Å². The number of fused-ring (bicyclic) bond motifs is 1. The van der Waals surface area contributed by atoms with Crippen molar-refractivity contribution in [1.82, 2.24) is 19.9 Å². The van der Waals surface area contributed by atoms with Crippen LogP contribution >= 0.6 is 0 Å². The Balaban J connectivity index is 1.63. The molecule has 1 aliphatic rings. The van der Waals surface area contributed by atoms with Crippen molar-refractivity contribution in [3.63, 3.8) is 0 Å². The lowest BCUT2D eigenvalue weighted by atomic mass is 9.78. The maximum atomic E-state index is 13.5. The van der Waals surface area contributed by atoms with Crippen LogP contribution < -0.4 is 5.32 Å². The minimum atomic E-state index is -4.50. The van der Waals surface area contributed by atoms with E-state index in [1.165, 1.54) is 23.4 Å². The fraction of sp³-hybridized carbons (Fsp3) is 0.438. The Morgan fingerprint density at radius 1 is 1.21 bits per heavy atom. The van der Waals surface area contributed by atoms with Gasteiger partial charge in [-0.15, -0.1) is 0 Å². The molecule has 224 valence electrons. The summed E-state index contributed by atoms with van der Waals surface area (Å²) >= 11 is 0. The lowest BCUT2D eigenvalue weighted by molar-refractivity contribution is -0.138. The predicted octanol–water partition coefficient (Wildman–Crippen LogP) is 6.86. The number of hydrogen-bond donors (Lipinski definition) is 1. The minimum Gasteiger partial charge on any atom is -0.373 e. The fourth-order valence-electron chi connectivity index (χ4n) is 5.22. The van der Waals surface area contributed by atoms with E-state index in [1.807, 2.05) is 0 Å². The maximum absolute atomic E-state index is 13.5. The SMILES string of the molecule is CN=C(/C=C\c1cnc(COCC(C)C)nc1Nc1ccc2c(c1)CN(C)CC2(C)C)Cc1ncccc1C(F)(F)F. The summed E-state index contributed by atoms with van der Waals surface area (Å²) in [6.07, 6.45) is 1.91. The molecule has 0 fully saturated rings. The lowest BCUT2D eigenvalue weighted by Gasteiger charge is -2.38. The van der Waals surface area contributed by atoms with Crippen molar-refractivity contribution in [3.8, 4) is 0 Å². The van der Waals surface area contributed by atoms with E-state index in [0.29, 0.717) is 35.4 Å². The van der Waals surface area contributed by atoms with E-state index in [-0.39, 0.29) is 24.1 Å². The molecular formula is C32H39F3N6O. The molecule has 0 saturated carbocycles. The highest BCUT2D eigenvalue weighted by Crippen LogP contribution is 2.35. The first-order valence-electron chi connectivity index (χ1n) is 14.0. The number of pyridine rings is 1. The molecule has 1 aromatic carbocycles. The van der Waals surface area contributed by atoms with Gasteiger partial charge in [-0.05, 0) is 60.5 Å². The number of benzene rings is 1. The smallest absolute Gasteiger partial charge is 0.373 e. The van der Waals surface area contributed by atoms with Crippen LogP contribution in [0.4, 0.5) is 24.7 Å². The fourth-order valence-corrected chi connectivity index (χ4v) is 5.22. The third kappa shape index (κ3) is 8.01. The molecule has 7 nitrogen and oxygen atoms in total. The number of likely N-dealkylation sites (N-methyl/N-ethyl adjacent to an activating group) is 1. The maximum Gasteiger partial charge on any atom is 0.418 e. The highest BCUT2D eigenvalue weighted by Gasteiger charge is 2.34. The molecule has 42 heavy (non-hydrogen) atoms. The Labute approximate surface area is 246 Å². The van der Waals surface area contributed by atoms with Gasteiger partial charge in [0.05, 0.1) is 11.3 Å². The summed E-state index contributed by atoms with van der Waals surface area (Å²) < 4.78 is 46.3. The number of alkyl halides is 3. The second-order valence-electron chi connectivity index (χ2n) is 11.8. The second-order valence-corrected chi connectivity index (χ2v) is 11.8. The molecule has 1 N–H and O–H groups in total. The zero-order valence-electron chi connectivity index (χ0n) is 25.1. The molecule has 0 radical (unpaired) electrons. The van der Waals surface area contributed by atoms with Crippen molar-refractivity contribution in [2.24, 2.45) is 10.9 Å². The van der Waals surface area contributed by atoms with Crippen LogP contribution in [0.25, 0.3) is 6.08 Å². The number of aliphatic imine (C=N–C) groups is 1. The summed E-state index contributed by atoms with van der Waals surface area (Å²) in [6.45, 7) is 11.3. The normalized spacial score (nSPS) is 15.8. The first kappa shape index (κ1) is 31.3. The van der Waals surface area contributed by atoms with Gasteiger partial charge in [0.15, 0.2) is 5.82 Å². The van der Waals surface area contributed by atoms with E-state index >= 15 is 0 Å². The molecule has 0 bridgehead atoms. The summed E-state index contributed by atoms with van der Waals surface area (Å²) in [5.74, 6) is 1.48. The minimum absolute atomic E-state index is 0.0417. The number of allylic oxidation sites excluding steroid dienone is 1. The number of hydrogen-bond acceptors (Lipinski definition) is 7. The quantitative estimate of drug-likeness (QED) is 0.264. The lowest BCUT2D eigenvalue weighted by Crippen LogP contribution is -2.39. The average Bonchev–Trinajstić information content (AvgIpc) is 2.90. The highest BCUT2D eigenvalue weighted by atomic mass is 19.4. The van der Waals surface area contributed by atoms with Gasteiger partial charge in [0.1, 0.15) is 12.4 Å². The van der Waals surface area contributed by atoms with E-state index in [2.05, 4.69) is 78.1 Å². The molecular weight excluding hydrogens is 541 g/mol. The molecule has 0 amide bonds. The summed E-state index contributed by atoms with van der Waals surface area (Å²) in [5, 5.41) is 3.45. The molecule has 10 heteroatoms. The molecule has 0 aliphatic carbocycles. The molecule has 3 heterocycles. The van der Waals surface area contributed by atoms with Gasteiger partial charge >= 0.3 is 6.18 Å². The van der Waals surface area contributed by atoms with Crippen molar-refractivity contribution >= 4 is 23.3 Å². The Bertz CT molecular complexity index is 1450. The number of aromatic nitrogens is 3. The van der Waals surface area contributed by atoms with Crippen molar-refractivity contribution < 1.29 is 17.9 Å². The zero-order valence-corrected chi connectivity index (χ0v) is 25.1. The van der Waals surface area contributed by atoms with Crippen LogP contribution in [0.2, 0.25) is 0 Å². The Morgan fingerprint density at radius 3 is 2.71 bits per heavy atom. The highest BCUT2D eigenvalue weighted by molar-refractivity contribution is 6.00. The number of rotatable bonds is 10. The first-order chi connectivity index (χ1) is 19.9. The van der Waals surface area contributed by atoms with Crippen LogP contribution in [0.1, 0.15) is 61.5 Å². The van der Waals surface area contributed by atoms with Gasteiger partial charge in [0.2, 0.25) is 0 Å². The molecule has 0 unspecified atom stereocenters. The largest absolute Gasteiger partial charge is 0.418 e. The van der Waals surface area contributed by atoms with E-state index in [4.69, 9.17) is 9.72 Å². The zero-order chi connectivity index (χ0) is 30.5. The van der Waals surface area contributed by atoms with Crippen molar-refractivity contribution in [3.05, 3.63) is 82.6 Å². The topological polar surface area (TPSA) is 75.5 Å². The van der Waals surface area contributed by atoms with E-state index in [1.54, 1.807) is 25.4 Å². The molecule has 0 saturated heterocycles. The van der Waals surface area contributed by atoms with Crippen LogP contribution in [0.15, 0.2) is 53.8 Å². The van der Waals surface area contributed by atoms with Gasteiger partial charge in [0.25, 0.3) is 0 Å². The van der Waals surface area contributed by atoms with Crippen LogP contribution in [0.5, 0.6) is 0 Å². The number of halogens is 3. The average molecular weight is 581 g/mol. The number of ether oxygens (including phenoxy) is 1. The summed E-state index contributed by atoms with van der Waals surface area (Å²) in [6, 6.07) is 8.69. The number of nitrogens with one attached hydrogen (secondary N) is 1. The van der Waals surface area contributed by atoms with Gasteiger partial charge in [-0.2, -0.15) is 13.2 Å². The van der Waals surface area contributed by atoms with E-state index in [9.17, 15) is 13.2 Å². The Kier molecular flexibility index (Phi) is 9.78. The molecule has 1 aliphatic heterocycles. The van der Waals surface area contributed by atoms with Gasteiger partial charge in [-0.3, -0.25) is 9.98 Å². The molecule has 2 aromatic heterocycles. The third-order valence-electron chi connectivity index (χ3n) is 7.04. The molecule has 0 spiro atoms. The van der Waals surface area contributed by atoms with Gasteiger partial charge in [-0.1, -0.05) is 33.8 Å². The Hall–Kier alpha value is -3.63. The first-order valence-corrected chi connectivity index (χ1v) is 14.0. The second kappa shape index (κ2) is 13.1. The molecule has 0 atom stereocenters. The van der Waals surface area contributed by atoms with Gasteiger partial charge in [-0.25, -0.2) is 9.97 Å². The summed E-state index contributed by atoms with van der Waals surface area (Å²) in [5.41, 5.74) is 3.76. The molecule has 4 rings (SSSR count). The van der Waals surface area contributed by atoms with E-state index < -0.39 is 11.7 Å². The monoisotopic (exact) mass is 580 g/mol. The number of nitrogens with zero attached hydrogens (tertiary/aromatic N) is 5. The van der Waals surface area contributed by atoms with Crippen LogP contribution in [-0.4, -0.2) is 52.8 Å². The van der Waals surface area contributed by atoms with Crippen molar-refractivity contribution in [1.29, 1.82) is 0 Å². The summed E-state index contributed by atoms with van der Waals surface area (Å²) in [4.78, 5) is 19.7. The van der Waals surface area contributed by atoms with Crippen molar-refractivity contribution in [2.45, 2.75) is 58.9 Å².